The first kappa shape index (κ1) is 16.9. The molecule has 0 amide bonds. The molecule has 0 aromatic carbocycles. The number of nitrogens with two attached hydrogens (primary N) is 1. The topological polar surface area (TPSA) is 56.7 Å². The van der Waals surface area contributed by atoms with Gasteiger partial charge >= 0.3 is 0 Å². The lowest BCUT2D eigenvalue weighted by atomic mass is 10.1. The number of halogens is 2. The van der Waals surface area contributed by atoms with Gasteiger partial charge in [0.1, 0.15) is 29.0 Å². The van der Waals surface area contributed by atoms with Crippen molar-refractivity contribution in [1.82, 2.24) is 14.5 Å². The summed E-state index contributed by atoms with van der Waals surface area (Å²) >= 11 is 0. The fourth-order valence-electron chi connectivity index (χ4n) is 2.59. The van der Waals surface area contributed by atoms with E-state index in [1.54, 1.807) is 19.9 Å². The van der Waals surface area contributed by atoms with Crippen LogP contribution in [0.15, 0.2) is 18.8 Å². The summed E-state index contributed by atoms with van der Waals surface area (Å²) in [5, 5.41) is 0. The molecular weight excluding hydrogens is 298 g/mol. The molecule has 4 nitrogen and oxygen atoms in total. The van der Waals surface area contributed by atoms with Gasteiger partial charge in [0.15, 0.2) is 0 Å². The molecule has 0 atom stereocenters. The third-order valence-corrected chi connectivity index (χ3v) is 3.55. The standard InChI is InChI=1S/C17H20F2N4/c1-9(2)23-12(5)22-17(11(4)18)15(23)6-10(3)13-7-16(20)21-8-14(13)19/h6-9H,4H2,1-3,5H3,(H2,20,21)/b10-6+. The van der Waals surface area contributed by atoms with E-state index in [1.807, 2.05) is 18.4 Å². The minimum atomic E-state index is -0.624. The molecule has 0 radical (unpaired) electrons. The van der Waals surface area contributed by atoms with E-state index in [0.717, 1.165) is 6.20 Å². The molecule has 23 heavy (non-hydrogen) atoms. The number of imidazole rings is 1. The molecule has 0 fully saturated rings. The summed E-state index contributed by atoms with van der Waals surface area (Å²) in [5.74, 6) is -0.220. The highest BCUT2D eigenvalue weighted by Crippen LogP contribution is 2.28. The van der Waals surface area contributed by atoms with Crippen molar-refractivity contribution in [3.63, 3.8) is 0 Å². The monoisotopic (exact) mass is 318 g/mol. The van der Waals surface area contributed by atoms with Crippen molar-refractivity contribution in [1.29, 1.82) is 0 Å². The lowest BCUT2D eigenvalue weighted by molar-refractivity contribution is 0.578. The highest BCUT2D eigenvalue weighted by molar-refractivity contribution is 5.83. The maximum absolute atomic E-state index is 14.0. The number of aromatic nitrogens is 3. The summed E-state index contributed by atoms with van der Waals surface area (Å²) in [6.07, 6.45) is 2.76. The summed E-state index contributed by atoms with van der Waals surface area (Å²) in [6.45, 7) is 10.8. The van der Waals surface area contributed by atoms with Gasteiger partial charge in [-0.15, -0.1) is 0 Å². The van der Waals surface area contributed by atoms with Crippen molar-refractivity contribution in [2.45, 2.75) is 33.7 Å². The van der Waals surface area contributed by atoms with Crippen LogP contribution in [0, 0.1) is 12.7 Å². The average Bonchev–Trinajstić information content (AvgIpc) is 2.78. The van der Waals surface area contributed by atoms with E-state index in [-0.39, 0.29) is 17.6 Å². The molecule has 0 saturated heterocycles. The van der Waals surface area contributed by atoms with Crippen LogP contribution in [0.25, 0.3) is 17.5 Å². The van der Waals surface area contributed by atoms with Crippen LogP contribution >= 0.6 is 0 Å². The number of hydrogen-bond donors (Lipinski definition) is 1. The molecule has 2 heterocycles. The maximum atomic E-state index is 14.0. The van der Waals surface area contributed by atoms with E-state index < -0.39 is 11.6 Å². The fraction of sp³-hybridized carbons (Fsp3) is 0.294. The largest absolute Gasteiger partial charge is 0.384 e. The predicted molar refractivity (Wildman–Crippen MR) is 89.6 cm³/mol. The van der Waals surface area contributed by atoms with Gasteiger partial charge in [-0.3, -0.25) is 0 Å². The van der Waals surface area contributed by atoms with Gasteiger partial charge in [0, 0.05) is 11.6 Å². The maximum Gasteiger partial charge on any atom is 0.149 e. The Bertz CT molecular complexity index is 788. The van der Waals surface area contributed by atoms with Gasteiger partial charge in [-0.2, -0.15) is 0 Å². The minimum Gasteiger partial charge on any atom is -0.384 e. The molecule has 0 aliphatic heterocycles. The molecule has 0 unspecified atom stereocenters. The van der Waals surface area contributed by atoms with Gasteiger partial charge in [-0.05, 0) is 45.4 Å². The number of rotatable bonds is 4. The number of pyridine rings is 1. The van der Waals surface area contributed by atoms with E-state index in [1.165, 1.54) is 6.07 Å². The van der Waals surface area contributed by atoms with Crippen molar-refractivity contribution in [2.24, 2.45) is 0 Å². The second kappa shape index (κ2) is 6.32. The number of nitrogen functional groups attached to an aromatic ring is 1. The van der Waals surface area contributed by atoms with Crippen molar-refractivity contribution in [2.75, 3.05) is 5.73 Å². The SMILES string of the molecule is C=C(F)c1nc(C)n(C(C)C)c1/C=C(\C)c1cc(N)ncc1F. The molecule has 0 bridgehead atoms. The summed E-state index contributed by atoms with van der Waals surface area (Å²) in [4.78, 5) is 7.94. The smallest absolute Gasteiger partial charge is 0.149 e. The van der Waals surface area contributed by atoms with Crippen LogP contribution < -0.4 is 5.73 Å². The van der Waals surface area contributed by atoms with Crippen molar-refractivity contribution in [3.8, 4) is 0 Å². The molecular formula is C17H20F2N4. The zero-order valence-electron chi connectivity index (χ0n) is 13.7. The molecule has 0 saturated carbocycles. The summed E-state index contributed by atoms with van der Waals surface area (Å²) in [6, 6.07) is 1.52. The molecule has 2 aromatic heterocycles. The van der Waals surface area contributed by atoms with E-state index in [9.17, 15) is 8.78 Å². The highest BCUT2D eigenvalue weighted by atomic mass is 19.1. The molecule has 0 aliphatic carbocycles. The molecule has 2 aromatic rings. The van der Waals surface area contributed by atoms with Crippen LogP contribution in [0.5, 0.6) is 0 Å². The Hall–Kier alpha value is -2.50. The first-order valence-corrected chi connectivity index (χ1v) is 7.25. The second-order valence-corrected chi connectivity index (χ2v) is 5.68. The fourth-order valence-corrected chi connectivity index (χ4v) is 2.59. The van der Waals surface area contributed by atoms with Crippen molar-refractivity contribution >= 4 is 23.3 Å². The quantitative estimate of drug-likeness (QED) is 0.909. The number of allylic oxidation sites excluding steroid dienone is 1. The van der Waals surface area contributed by atoms with Crippen LogP contribution in [0.4, 0.5) is 14.6 Å². The highest BCUT2D eigenvalue weighted by Gasteiger charge is 2.18. The van der Waals surface area contributed by atoms with E-state index in [0.29, 0.717) is 22.7 Å². The zero-order chi connectivity index (χ0) is 17.3. The van der Waals surface area contributed by atoms with E-state index in [2.05, 4.69) is 16.5 Å². The van der Waals surface area contributed by atoms with Gasteiger partial charge in [-0.1, -0.05) is 6.58 Å². The first-order valence-electron chi connectivity index (χ1n) is 7.25. The second-order valence-electron chi connectivity index (χ2n) is 5.68. The van der Waals surface area contributed by atoms with Crippen LogP contribution in [0.3, 0.4) is 0 Å². The van der Waals surface area contributed by atoms with Crippen molar-refractivity contribution in [3.05, 3.63) is 47.4 Å². The van der Waals surface area contributed by atoms with Crippen molar-refractivity contribution < 1.29 is 8.78 Å². The first-order chi connectivity index (χ1) is 10.7. The Morgan fingerprint density at radius 1 is 1.43 bits per heavy atom. The Balaban J connectivity index is 2.66. The summed E-state index contributed by atoms with van der Waals surface area (Å²) in [5.41, 5.74) is 7.26. The summed E-state index contributed by atoms with van der Waals surface area (Å²) < 4.78 is 29.6. The van der Waals surface area contributed by atoms with Gasteiger partial charge < -0.3 is 10.3 Å². The van der Waals surface area contributed by atoms with Crippen LogP contribution in [0.2, 0.25) is 0 Å². The molecule has 2 rings (SSSR count). The predicted octanol–water partition coefficient (Wildman–Crippen LogP) is 4.39. The van der Waals surface area contributed by atoms with Gasteiger partial charge in [0.05, 0.1) is 11.9 Å². The molecule has 6 heteroatoms. The van der Waals surface area contributed by atoms with Gasteiger partial charge in [0.2, 0.25) is 0 Å². The average molecular weight is 318 g/mol. The molecule has 122 valence electrons. The van der Waals surface area contributed by atoms with Crippen LogP contribution in [0.1, 0.15) is 49.6 Å². The minimum absolute atomic E-state index is 0.0713. The third-order valence-electron chi connectivity index (χ3n) is 3.55. The lowest BCUT2D eigenvalue weighted by Crippen LogP contribution is -2.06. The lowest BCUT2D eigenvalue weighted by Gasteiger charge is -2.13. The third kappa shape index (κ3) is 3.31. The molecule has 2 N–H and O–H groups in total. The number of hydrogen-bond acceptors (Lipinski definition) is 3. The molecule has 0 aliphatic rings. The zero-order valence-corrected chi connectivity index (χ0v) is 13.7. The van der Waals surface area contributed by atoms with Crippen LogP contribution in [-0.2, 0) is 0 Å². The Kier molecular flexibility index (Phi) is 4.63. The summed E-state index contributed by atoms with van der Waals surface area (Å²) in [7, 11) is 0. The van der Waals surface area contributed by atoms with E-state index >= 15 is 0 Å². The Morgan fingerprint density at radius 3 is 2.65 bits per heavy atom. The van der Waals surface area contributed by atoms with Crippen LogP contribution in [-0.4, -0.2) is 14.5 Å². The number of anilines is 1. The Labute approximate surface area is 134 Å². The molecule has 0 spiro atoms. The van der Waals surface area contributed by atoms with Gasteiger partial charge in [-0.25, -0.2) is 18.7 Å². The van der Waals surface area contributed by atoms with E-state index in [4.69, 9.17) is 5.73 Å². The Morgan fingerprint density at radius 2 is 2.09 bits per heavy atom. The van der Waals surface area contributed by atoms with Gasteiger partial charge in [0.25, 0.3) is 0 Å². The number of aryl methyl sites for hydroxylation is 1. The normalized spacial score (nSPS) is 12.0. The number of nitrogens with zero attached hydrogens (tertiary/aromatic N) is 3.